The molecule has 0 aromatic heterocycles. The fourth-order valence-corrected chi connectivity index (χ4v) is 2.90. The molecule has 7 heteroatoms. The van der Waals surface area contributed by atoms with E-state index in [0.717, 1.165) is 36.9 Å². The van der Waals surface area contributed by atoms with E-state index in [1.807, 2.05) is 13.8 Å². The van der Waals surface area contributed by atoms with Crippen LogP contribution in [0.25, 0.3) is 0 Å². The molecule has 0 aliphatic carbocycles. The third-order valence-corrected chi connectivity index (χ3v) is 4.70. The van der Waals surface area contributed by atoms with Gasteiger partial charge >= 0.3 is 0 Å². The maximum absolute atomic E-state index is 9.14. The molecule has 17 heavy (non-hydrogen) atoms. The van der Waals surface area contributed by atoms with E-state index < -0.39 is 0 Å². The van der Waals surface area contributed by atoms with Crippen LogP contribution in [0, 0.1) is 0 Å². The van der Waals surface area contributed by atoms with E-state index in [1.165, 1.54) is 0 Å². The van der Waals surface area contributed by atoms with Crippen LogP contribution in [0.1, 0.15) is 26.7 Å². The fraction of sp³-hybridized carbons (Fsp3) is 1.00. The number of hydrogen-bond acceptors (Lipinski definition) is 7. The molecule has 0 saturated heterocycles. The lowest BCUT2D eigenvalue weighted by atomic mass is 10.2. The third-order valence-electron chi connectivity index (χ3n) is 2.58. The van der Waals surface area contributed by atoms with Crippen LogP contribution in [0.4, 0.5) is 0 Å². The van der Waals surface area contributed by atoms with Gasteiger partial charge in [-0.2, -0.15) is 0 Å². The van der Waals surface area contributed by atoms with E-state index in [1.54, 1.807) is 0 Å². The van der Waals surface area contributed by atoms with Gasteiger partial charge in [0, 0.05) is 36.2 Å². The summed E-state index contributed by atoms with van der Waals surface area (Å²) in [4.78, 5) is 0. The zero-order valence-electron chi connectivity index (χ0n) is 10.4. The molecule has 104 valence electrons. The predicted molar refractivity (Wildman–Crippen MR) is 74.5 cm³/mol. The van der Waals surface area contributed by atoms with Gasteiger partial charge in [-0.3, -0.25) is 0 Å². The Hall–Kier alpha value is 0.500. The molecule has 0 aliphatic heterocycles. The maximum atomic E-state index is 9.14. The lowest BCUT2D eigenvalue weighted by Gasteiger charge is -2.22. The molecule has 0 spiro atoms. The normalized spacial score (nSPS) is 18.7. The van der Waals surface area contributed by atoms with E-state index >= 15 is 0 Å². The van der Waals surface area contributed by atoms with Crippen molar-refractivity contribution in [1.29, 1.82) is 0 Å². The van der Waals surface area contributed by atoms with Gasteiger partial charge in [-0.1, -0.05) is 13.8 Å². The third kappa shape index (κ3) is 6.85. The smallest absolute Gasteiger partial charge is 0.0705 e. The number of hydrogen-bond donors (Lipinski definition) is 4. The summed E-state index contributed by atoms with van der Waals surface area (Å²) in [5.74, 6) is 0. The Morgan fingerprint density at radius 1 is 0.941 bits per heavy atom. The average Bonchev–Trinajstić information content (AvgIpc) is 2.37. The van der Waals surface area contributed by atoms with Crippen LogP contribution in [-0.2, 0) is 3.63 Å². The highest BCUT2D eigenvalue weighted by atomic mass is 32.2. The van der Waals surface area contributed by atoms with Crippen molar-refractivity contribution in [3.8, 4) is 0 Å². The topological polar surface area (TPSA) is 102 Å². The van der Waals surface area contributed by atoms with Crippen LogP contribution in [0.3, 0.4) is 0 Å². The van der Waals surface area contributed by atoms with E-state index in [0.29, 0.717) is 0 Å². The monoisotopic (exact) mass is 284 g/mol. The lowest BCUT2D eigenvalue weighted by molar-refractivity contribution is 0.276. The summed E-state index contributed by atoms with van der Waals surface area (Å²) in [7, 11) is 0. The second-order valence-corrected chi connectivity index (χ2v) is 5.99. The molecule has 0 heterocycles. The Bertz CT molecular complexity index is 171. The predicted octanol–water partition coefficient (Wildman–Crippen LogP) is 0.496. The summed E-state index contributed by atoms with van der Waals surface area (Å²) in [6, 6.07) is -0.198. The second-order valence-electron chi connectivity index (χ2n) is 3.85. The van der Waals surface area contributed by atoms with Crippen LogP contribution >= 0.6 is 24.1 Å². The highest BCUT2D eigenvalue weighted by Crippen LogP contribution is 2.27. The summed E-state index contributed by atoms with van der Waals surface area (Å²) in [5, 5.41) is 18.0. The van der Waals surface area contributed by atoms with Gasteiger partial charge in [0.25, 0.3) is 0 Å². The maximum Gasteiger partial charge on any atom is 0.0705 e. The molecule has 0 radical (unpaired) electrons. The Morgan fingerprint density at radius 3 is 1.53 bits per heavy atom. The molecule has 0 bridgehead atoms. The molecule has 0 amide bonds. The molecular weight excluding hydrogens is 260 g/mol. The Kier molecular flexibility index (Phi) is 10.7. The number of aliphatic hydroxyl groups is 2. The van der Waals surface area contributed by atoms with Crippen molar-refractivity contribution < 1.29 is 13.8 Å². The van der Waals surface area contributed by atoms with Crippen LogP contribution in [0.5, 0.6) is 0 Å². The summed E-state index contributed by atoms with van der Waals surface area (Å²) in [6.07, 6.45) is 1.56. The highest BCUT2D eigenvalue weighted by Gasteiger charge is 2.21. The minimum Gasteiger partial charge on any atom is -0.395 e. The van der Waals surface area contributed by atoms with Crippen molar-refractivity contribution in [2.45, 2.75) is 49.3 Å². The fourth-order valence-electron chi connectivity index (χ4n) is 1.12. The first-order valence-electron chi connectivity index (χ1n) is 5.82. The zero-order valence-corrected chi connectivity index (χ0v) is 12.0. The number of nitrogens with two attached hydrogens (primary N) is 2. The molecule has 0 aliphatic rings. The van der Waals surface area contributed by atoms with Crippen molar-refractivity contribution in [3.63, 3.8) is 0 Å². The quantitative estimate of drug-likeness (QED) is 0.433. The molecule has 6 N–H and O–H groups in total. The molecule has 0 aromatic carbocycles. The second kappa shape index (κ2) is 10.4. The van der Waals surface area contributed by atoms with Gasteiger partial charge < -0.3 is 21.7 Å². The van der Waals surface area contributed by atoms with Gasteiger partial charge in [0.15, 0.2) is 0 Å². The van der Waals surface area contributed by atoms with Crippen molar-refractivity contribution >= 4 is 24.1 Å². The van der Waals surface area contributed by atoms with Crippen LogP contribution in [0.2, 0.25) is 0 Å². The van der Waals surface area contributed by atoms with Gasteiger partial charge in [0.05, 0.1) is 23.7 Å². The number of aliphatic hydroxyl groups excluding tert-OH is 2. The van der Waals surface area contributed by atoms with E-state index in [9.17, 15) is 0 Å². The first-order valence-corrected chi connectivity index (χ1v) is 7.43. The van der Waals surface area contributed by atoms with Gasteiger partial charge in [0.2, 0.25) is 0 Å². The first kappa shape index (κ1) is 17.5. The van der Waals surface area contributed by atoms with Gasteiger partial charge in [-0.25, -0.2) is 3.63 Å². The van der Waals surface area contributed by atoms with Crippen molar-refractivity contribution in [2.24, 2.45) is 11.5 Å². The molecule has 0 aromatic rings. The van der Waals surface area contributed by atoms with Gasteiger partial charge in [-0.05, 0) is 12.8 Å². The van der Waals surface area contributed by atoms with Crippen LogP contribution in [-0.4, -0.2) is 46.0 Å². The van der Waals surface area contributed by atoms with Crippen molar-refractivity contribution in [1.82, 2.24) is 0 Å². The van der Waals surface area contributed by atoms with Gasteiger partial charge in [-0.15, -0.1) is 0 Å². The molecule has 0 rings (SSSR count). The largest absolute Gasteiger partial charge is 0.395 e. The summed E-state index contributed by atoms with van der Waals surface area (Å²) in [5.41, 5.74) is 11.6. The molecule has 4 atom stereocenters. The molecule has 0 fully saturated rings. The number of rotatable bonds is 10. The average molecular weight is 284 g/mol. The van der Waals surface area contributed by atoms with E-state index in [4.69, 9.17) is 25.3 Å². The van der Waals surface area contributed by atoms with Crippen molar-refractivity contribution in [3.05, 3.63) is 0 Å². The van der Waals surface area contributed by atoms with Crippen LogP contribution < -0.4 is 11.5 Å². The Balaban J connectivity index is 3.93. The standard InChI is InChI=1S/C10H24N2O3S2/c1-3-7(11)9(5-13)16-15-17-10(6-14)8(12)4-2/h7-10,13-14H,3-6,11-12H2,1-2H3. The molecule has 0 saturated carbocycles. The summed E-state index contributed by atoms with van der Waals surface area (Å²) in [6.45, 7) is 3.88. The minimum atomic E-state index is -0.148. The van der Waals surface area contributed by atoms with Crippen LogP contribution in [0.15, 0.2) is 0 Å². The summed E-state index contributed by atoms with van der Waals surface area (Å²) >= 11 is 2.29. The van der Waals surface area contributed by atoms with E-state index in [2.05, 4.69) is 0 Å². The SMILES string of the molecule is CCC(N)C(CO)SOSC(CO)C(N)CC. The summed E-state index contributed by atoms with van der Waals surface area (Å²) < 4.78 is 5.34. The van der Waals surface area contributed by atoms with Crippen molar-refractivity contribution in [2.75, 3.05) is 13.2 Å². The van der Waals surface area contributed by atoms with Gasteiger partial charge in [0.1, 0.15) is 0 Å². The lowest BCUT2D eigenvalue weighted by Crippen LogP contribution is -2.35. The minimum absolute atomic E-state index is 0.0240. The van der Waals surface area contributed by atoms with E-state index in [-0.39, 0.29) is 35.8 Å². The molecular formula is C10H24N2O3S2. The molecule has 4 unspecified atom stereocenters. The Morgan fingerprint density at radius 2 is 1.29 bits per heavy atom. The molecule has 5 nitrogen and oxygen atoms in total. The zero-order chi connectivity index (χ0) is 13.3. The first-order chi connectivity index (χ1) is 8.10. The highest BCUT2D eigenvalue weighted by molar-refractivity contribution is 8.08. The Labute approximate surface area is 112 Å².